The molecule has 14 heteroatoms. The van der Waals surface area contributed by atoms with Gasteiger partial charge in [0.25, 0.3) is 0 Å². The zero-order chi connectivity index (χ0) is 27.4. The van der Waals surface area contributed by atoms with Crippen LogP contribution >= 0.6 is 23.2 Å². The second kappa shape index (κ2) is 12.0. The number of rotatable bonds is 9. The van der Waals surface area contributed by atoms with Crippen molar-refractivity contribution >= 4 is 58.1 Å². The molecule has 0 saturated carbocycles. The number of likely N-dealkylation sites (N-methyl/N-ethyl adjacent to an activating group) is 1. The first-order valence-electron chi connectivity index (χ1n) is 12.0. The summed E-state index contributed by atoms with van der Waals surface area (Å²) >= 11 is 12.7. The van der Waals surface area contributed by atoms with Crippen molar-refractivity contribution in [2.45, 2.75) is 19.9 Å². The van der Waals surface area contributed by atoms with E-state index in [1.807, 2.05) is 13.8 Å². The van der Waals surface area contributed by atoms with E-state index < -0.39 is 0 Å². The largest absolute Gasteiger partial charge is 0.382 e. The highest BCUT2D eigenvalue weighted by atomic mass is 35.5. The molecule has 1 unspecified atom stereocenters. The molecule has 1 amide bonds. The maximum atomic E-state index is 13.2. The van der Waals surface area contributed by atoms with E-state index in [0.717, 1.165) is 13.1 Å². The van der Waals surface area contributed by atoms with Gasteiger partial charge < -0.3 is 21.3 Å². The van der Waals surface area contributed by atoms with Gasteiger partial charge in [-0.25, -0.2) is 15.0 Å². The Balaban J connectivity index is 1.53. The molecule has 0 spiro atoms. The zero-order valence-electron chi connectivity index (χ0n) is 20.9. The van der Waals surface area contributed by atoms with Crippen LogP contribution in [0, 0.1) is 0 Å². The minimum atomic E-state index is -0.263. The molecule has 1 aliphatic rings. The highest BCUT2D eigenvalue weighted by Gasteiger charge is 2.33. The maximum Gasteiger partial charge on any atom is 0.244 e. The fraction of sp³-hybridized carbons (Fsp3) is 0.333. The van der Waals surface area contributed by atoms with Gasteiger partial charge in [0.15, 0.2) is 5.82 Å². The maximum absolute atomic E-state index is 13.2. The Kier molecular flexibility index (Phi) is 8.69. The van der Waals surface area contributed by atoms with Gasteiger partial charge in [-0.05, 0) is 43.8 Å². The molecule has 0 bridgehead atoms. The standard InChI is InChI=1S/C24H29Cl2N9O3/c1-3-33-10-11-34(23(36)14(33)2)19-13-30-24(32-21(19)16-5-4-15(25)12-17(16)26)29-9-8-28-20-7-6-18(35(37)38)22(27)31-20/h4-7,12-14,37-38H,3,8-11H2,1-2H3,(H3,27,28,31)(H,29,30,32). The van der Waals surface area contributed by atoms with Crippen LogP contribution in [0.25, 0.3) is 11.3 Å². The van der Waals surface area contributed by atoms with Crippen molar-refractivity contribution in [1.82, 2.24) is 19.9 Å². The van der Waals surface area contributed by atoms with Crippen molar-refractivity contribution in [3.05, 3.63) is 46.6 Å². The monoisotopic (exact) mass is 561 g/mol. The van der Waals surface area contributed by atoms with E-state index in [9.17, 15) is 4.79 Å². The lowest BCUT2D eigenvalue weighted by atomic mass is 10.1. The van der Waals surface area contributed by atoms with Crippen LogP contribution in [0.4, 0.5) is 29.0 Å². The summed E-state index contributed by atoms with van der Waals surface area (Å²) in [5.41, 5.74) is 7.42. The third-order valence-corrected chi connectivity index (χ3v) is 6.81. The predicted molar refractivity (Wildman–Crippen MR) is 148 cm³/mol. The van der Waals surface area contributed by atoms with E-state index in [1.54, 1.807) is 35.4 Å². The predicted octanol–water partition coefficient (Wildman–Crippen LogP) is 3.59. The smallest absolute Gasteiger partial charge is 0.244 e. The minimum absolute atomic E-state index is 0.0266. The molecule has 1 fully saturated rings. The third kappa shape index (κ3) is 6.00. The number of halogens is 2. The van der Waals surface area contributed by atoms with Crippen molar-refractivity contribution in [1.29, 1.82) is 0 Å². The summed E-state index contributed by atoms with van der Waals surface area (Å²) in [6.07, 6.45) is 1.63. The topological polar surface area (TPSA) is 156 Å². The summed E-state index contributed by atoms with van der Waals surface area (Å²) in [5, 5.41) is 25.3. The molecule has 1 saturated heterocycles. The number of hydrogen-bond acceptors (Lipinski definition) is 11. The summed E-state index contributed by atoms with van der Waals surface area (Å²) in [5.74, 6) is 0.739. The van der Waals surface area contributed by atoms with Gasteiger partial charge >= 0.3 is 0 Å². The Labute approximate surface area is 229 Å². The van der Waals surface area contributed by atoms with Gasteiger partial charge in [0.2, 0.25) is 11.9 Å². The number of aromatic nitrogens is 3. The second-order valence-corrected chi connectivity index (χ2v) is 9.43. The van der Waals surface area contributed by atoms with Crippen LogP contribution in [0.15, 0.2) is 36.5 Å². The molecule has 3 aromatic rings. The lowest BCUT2D eigenvalue weighted by Gasteiger charge is -2.38. The first kappa shape index (κ1) is 27.6. The molecule has 1 aliphatic heterocycles. The Hall–Kier alpha value is -3.42. The summed E-state index contributed by atoms with van der Waals surface area (Å²) in [6, 6.07) is 7.86. The molecule has 38 heavy (non-hydrogen) atoms. The van der Waals surface area contributed by atoms with E-state index in [2.05, 4.69) is 25.5 Å². The number of nitrogens with two attached hydrogens (primary N) is 1. The van der Waals surface area contributed by atoms with Gasteiger partial charge in [0.1, 0.15) is 17.2 Å². The molecular weight excluding hydrogens is 533 g/mol. The minimum Gasteiger partial charge on any atom is -0.382 e. The summed E-state index contributed by atoms with van der Waals surface area (Å²) in [7, 11) is 0. The average Bonchev–Trinajstić information content (AvgIpc) is 2.88. The number of carbonyl (C=O) groups excluding carboxylic acids is 1. The van der Waals surface area contributed by atoms with E-state index >= 15 is 0 Å². The number of anilines is 5. The highest BCUT2D eigenvalue weighted by Crippen LogP contribution is 2.36. The second-order valence-electron chi connectivity index (χ2n) is 8.59. The zero-order valence-corrected chi connectivity index (χ0v) is 22.4. The van der Waals surface area contributed by atoms with E-state index in [4.69, 9.17) is 44.3 Å². The fourth-order valence-electron chi connectivity index (χ4n) is 4.22. The van der Waals surface area contributed by atoms with Gasteiger partial charge in [0, 0.05) is 36.8 Å². The number of nitrogens with zero attached hydrogens (tertiary/aromatic N) is 6. The molecular formula is C24H29Cl2N9O3. The number of pyridine rings is 1. The van der Waals surface area contributed by atoms with E-state index in [-0.39, 0.29) is 28.7 Å². The van der Waals surface area contributed by atoms with Gasteiger partial charge in [-0.15, -0.1) is 5.23 Å². The molecule has 1 aromatic carbocycles. The van der Waals surface area contributed by atoms with E-state index in [1.165, 1.54) is 6.07 Å². The Bertz CT molecular complexity index is 1310. The van der Waals surface area contributed by atoms with Crippen molar-refractivity contribution in [2.75, 3.05) is 59.2 Å². The molecule has 202 valence electrons. The lowest BCUT2D eigenvalue weighted by molar-refractivity contribution is -0.125. The van der Waals surface area contributed by atoms with Crippen molar-refractivity contribution in [2.24, 2.45) is 0 Å². The first-order chi connectivity index (χ1) is 18.2. The summed E-state index contributed by atoms with van der Waals surface area (Å²) in [6.45, 7) is 6.83. The Morgan fingerprint density at radius 2 is 1.89 bits per heavy atom. The Morgan fingerprint density at radius 3 is 2.58 bits per heavy atom. The van der Waals surface area contributed by atoms with Crippen LogP contribution in [-0.4, -0.2) is 74.9 Å². The van der Waals surface area contributed by atoms with Crippen LogP contribution in [0.5, 0.6) is 0 Å². The molecule has 3 heterocycles. The third-order valence-electron chi connectivity index (χ3n) is 6.27. The van der Waals surface area contributed by atoms with Crippen LogP contribution in [0.1, 0.15) is 13.8 Å². The van der Waals surface area contributed by atoms with Gasteiger partial charge in [-0.2, -0.15) is 0 Å². The van der Waals surface area contributed by atoms with Crippen molar-refractivity contribution in [3.8, 4) is 11.3 Å². The fourth-order valence-corrected chi connectivity index (χ4v) is 4.72. The number of benzene rings is 1. The van der Waals surface area contributed by atoms with E-state index in [0.29, 0.717) is 58.4 Å². The van der Waals surface area contributed by atoms with Crippen LogP contribution in [0.3, 0.4) is 0 Å². The molecule has 6 N–H and O–H groups in total. The van der Waals surface area contributed by atoms with Crippen LogP contribution < -0.4 is 26.5 Å². The average molecular weight is 562 g/mol. The quantitative estimate of drug-likeness (QED) is 0.192. The Morgan fingerprint density at radius 1 is 1.13 bits per heavy atom. The number of nitrogen functional groups attached to an aromatic ring is 1. The number of nitrogens with one attached hydrogen (secondary N) is 2. The molecule has 0 aliphatic carbocycles. The summed E-state index contributed by atoms with van der Waals surface area (Å²) < 4.78 is 0. The van der Waals surface area contributed by atoms with Crippen LogP contribution in [-0.2, 0) is 4.79 Å². The van der Waals surface area contributed by atoms with Crippen molar-refractivity contribution < 1.29 is 15.2 Å². The molecule has 2 aromatic heterocycles. The van der Waals surface area contributed by atoms with Crippen molar-refractivity contribution in [3.63, 3.8) is 0 Å². The lowest BCUT2D eigenvalue weighted by Crippen LogP contribution is -2.56. The number of carbonyl (C=O) groups is 1. The number of amides is 1. The number of hydrogen-bond donors (Lipinski definition) is 5. The molecule has 12 nitrogen and oxygen atoms in total. The van der Waals surface area contributed by atoms with Gasteiger partial charge in [-0.3, -0.25) is 20.1 Å². The summed E-state index contributed by atoms with van der Waals surface area (Å²) in [4.78, 5) is 30.3. The first-order valence-corrected chi connectivity index (χ1v) is 12.7. The van der Waals surface area contributed by atoms with Gasteiger partial charge in [-0.1, -0.05) is 30.1 Å². The number of piperazine rings is 1. The van der Waals surface area contributed by atoms with Gasteiger partial charge in [0.05, 0.1) is 22.9 Å². The normalized spacial score (nSPS) is 16.0. The molecule has 4 rings (SSSR count). The highest BCUT2D eigenvalue weighted by molar-refractivity contribution is 6.36. The molecule has 1 atom stereocenters. The van der Waals surface area contributed by atoms with Crippen LogP contribution in [0.2, 0.25) is 10.0 Å². The molecule has 0 radical (unpaired) electrons. The SMILES string of the molecule is CCN1CCN(c2cnc(NCCNc3ccc(N(O)O)c(N)n3)nc2-c2ccc(Cl)cc2Cl)C(=O)C1C.